The number of carbonyl (C=O) groups excluding carboxylic acids is 1. The van der Waals surface area contributed by atoms with Crippen LogP contribution in [0.1, 0.15) is 30.5 Å². The average molecular weight is 298 g/mol. The summed E-state index contributed by atoms with van der Waals surface area (Å²) in [4.78, 5) is 11.2. The molecule has 19 heavy (non-hydrogen) atoms. The number of halogens is 4. The Morgan fingerprint density at radius 3 is 2.47 bits per heavy atom. The molecule has 108 valence electrons. The monoisotopic (exact) mass is 297 g/mol. The van der Waals surface area contributed by atoms with Crippen molar-refractivity contribution in [3.8, 4) is 0 Å². The van der Waals surface area contributed by atoms with Gasteiger partial charge < -0.3 is 10.5 Å². The van der Waals surface area contributed by atoms with E-state index in [9.17, 15) is 18.0 Å². The number of benzene rings is 1. The fraction of sp³-hybridized carbons (Fsp3) is 0.417. The summed E-state index contributed by atoms with van der Waals surface area (Å²) in [5.74, 6) is -0.609. The SMILES string of the molecule is CCOC(=O)C[C@H](N)c1ccccc1C(F)(F)F.Cl. The molecule has 1 aromatic rings. The van der Waals surface area contributed by atoms with Crippen LogP contribution in [0.25, 0.3) is 0 Å². The third-order valence-corrected chi connectivity index (χ3v) is 2.36. The van der Waals surface area contributed by atoms with E-state index in [1.54, 1.807) is 6.92 Å². The Balaban J connectivity index is 0.00000324. The van der Waals surface area contributed by atoms with Crippen LogP contribution in [0.2, 0.25) is 0 Å². The molecule has 3 nitrogen and oxygen atoms in total. The standard InChI is InChI=1S/C12H14F3NO2.ClH/c1-2-18-11(17)7-10(16)8-5-3-4-6-9(8)12(13,14)15;/h3-6,10H,2,7,16H2,1H3;1H/t10-;/m0./s1. The Morgan fingerprint density at radius 2 is 1.95 bits per heavy atom. The first-order chi connectivity index (χ1) is 8.36. The van der Waals surface area contributed by atoms with Gasteiger partial charge >= 0.3 is 12.1 Å². The molecule has 0 aliphatic carbocycles. The van der Waals surface area contributed by atoms with E-state index < -0.39 is 23.8 Å². The quantitative estimate of drug-likeness (QED) is 0.869. The predicted octanol–water partition coefficient (Wildman–Crippen LogP) is 3.08. The molecule has 0 unspecified atom stereocenters. The van der Waals surface area contributed by atoms with E-state index >= 15 is 0 Å². The third-order valence-electron chi connectivity index (χ3n) is 2.36. The molecule has 0 aliphatic heterocycles. The van der Waals surface area contributed by atoms with Gasteiger partial charge in [0, 0.05) is 6.04 Å². The molecule has 1 atom stereocenters. The van der Waals surface area contributed by atoms with Gasteiger partial charge in [-0.3, -0.25) is 4.79 Å². The molecule has 1 aromatic carbocycles. The Bertz CT molecular complexity index is 424. The summed E-state index contributed by atoms with van der Waals surface area (Å²) in [6.07, 6.45) is -4.76. The maximum atomic E-state index is 12.7. The molecule has 0 radical (unpaired) electrons. The summed E-state index contributed by atoms with van der Waals surface area (Å²) < 4.78 is 42.8. The lowest BCUT2D eigenvalue weighted by molar-refractivity contribution is -0.144. The molecule has 0 fully saturated rings. The predicted molar refractivity (Wildman–Crippen MR) is 66.9 cm³/mol. The molecule has 0 aromatic heterocycles. The minimum absolute atomic E-state index is 0. The second-order valence-electron chi connectivity index (χ2n) is 3.70. The molecule has 0 amide bonds. The maximum absolute atomic E-state index is 12.7. The highest BCUT2D eigenvalue weighted by Gasteiger charge is 2.34. The van der Waals surface area contributed by atoms with Crippen LogP contribution in [0.15, 0.2) is 24.3 Å². The van der Waals surface area contributed by atoms with Gasteiger partial charge in [-0.2, -0.15) is 13.2 Å². The summed E-state index contributed by atoms with van der Waals surface area (Å²) in [6, 6.07) is 3.92. The zero-order valence-corrected chi connectivity index (χ0v) is 11.1. The molecule has 0 aliphatic rings. The number of esters is 1. The Labute approximate surface area is 115 Å². The number of nitrogens with two attached hydrogens (primary N) is 1. The largest absolute Gasteiger partial charge is 0.466 e. The normalized spacial score (nSPS) is 12.5. The van der Waals surface area contributed by atoms with Crippen LogP contribution in [0.4, 0.5) is 13.2 Å². The number of carbonyl (C=O) groups is 1. The van der Waals surface area contributed by atoms with Gasteiger partial charge in [-0.1, -0.05) is 18.2 Å². The smallest absolute Gasteiger partial charge is 0.416 e. The topological polar surface area (TPSA) is 52.3 Å². The van der Waals surface area contributed by atoms with Gasteiger partial charge in [0.25, 0.3) is 0 Å². The lowest BCUT2D eigenvalue weighted by Gasteiger charge is -2.17. The zero-order valence-electron chi connectivity index (χ0n) is 10.2. The van der Waals surface area contributed by atoms with Crippen molar-refractivity contribution in [1.29, 1.82) is 0 Å². The van der Waals surface area contributed by atoms with E-state index in [-0.39, 0.29) is 31.0 Å². The average Bonchev–Trinajstić information content (AvgIpc) is 2.28. The summed E-state index contributed by atoms with van der Waals surface area (Å²) in [7, 11) is 0. The van der Waals surface area contributed by atoms with Crippen LogP contribution < -0.4 is 5.73 Å². The van der Waals surface area contributed by atoms with Gasteiger partial charge in [-0.15, -0.1) is 12.4 Å². The first-order valence-corrected chi connectivity index (χ1v) is 5.43. The molecule has 0 bridgehead atoms. The summed E-state index contributed by atoms with van der Waals surface area (Å²) >= 11 is 0. The number of rotatable bonds is 4. The molecular formula is C12H15ClF3NO2. The lowest BCUT2D eigenvalue weighted by Crippen LogP contribution is -2.21. The second-order valence-corrected chi connectivity index (χ2v) is 3.70. The summed E-state index contributed by atoms with van der Waals surface area (Å²) in [6.45, 7) is 1.79. The van der Waals surface area contributed by atoms with Crippen molar-refractivity contribution in [2.45, 2.75) is 25.6 Å². The molecule has 0 spiro atoms. The highest BCUT2D eigenvalue weighted by atomic mass is 35.5. The molecular weight excluding hydrogens is 283 g/mol. The fourth-order valence-electron chi connectivity index (χ4n) is 1.59. The Kier molecular flexibility index (Phi) is 6.86. The Morgan fingerprint density at radius 1 is 1.37 bits per heavy atom. The van der Waals surface area contributed by atoms with Crippen LogP contribution in [0, 0.1) is 0 Å². The minimum atomic E-state index is -4.48. The molecule has 7 heteroatoms. The number of ether oxygens (including phenoxy) is 1. The molecule has 0 saturated heterocycles. The van der Waals surface area contributed by atoms with Gasteiger partial charge in [-0.05, 0) is 18.6 Å². The zero-order chi connectivity index (χ0) is 13.8. The van der Waals surface area contributed by atoms with Crippen LogP contribution in [0.5, 0.6) is 0 Å². The van der Waals surface area contributed by atoms with Gasteiger partial charge in [0.15, 0.2) is 0 Å². The summed E-state index contributed by atoms with van der Waals surface area (Å²) in [5, 5.41) is 0. The van der Waals surface area contributed by atoms with Gasteiger partial charge in [0.05, 0.1) is 18.6 Å². The second kappa shape index (κ2) is 7.35. The van der Waals surface area contributed by atoms with E-state index in [0.717, 1.165) is 6.07 Å². The third kappa shape index (κ3) is 5.08. The fourth-order valence-corrected chi connectivity index (χ4v) is 1.59. The van der Waals surface area contributed by atoms with Crippen molar-refractivity contribution in [2.75, 3.05) is 6.61 Å². The van der Waals surface area contributed by atoms with E-state index in [0.29, 0.717) is 0 Å². The van der Waals surface area contributed by atoms with Crippen LogP contribution >= 0.6 is 12.4 Å². The van der Waals surface area contributed by atoms with E-state index in [2.05, 4.69) is 4.74 Å². The van der Waals surface area contributed by atoms with E-state index in [1.165, 1.54) is 18.2 Å². The van der Waals surface area contributed by atoms with Crippen molar-refractivity contribution in [2.24, 2.45) is 5.73 Å². The van der Waals surface area contributed by atoms with Crippen molar-refractivity contribution in [1.82, 2.24) is 0 Å². The van der Waals surface area contributed by atoms with Gasteiger partial charge in [-0.25, -0.2) is 0 Å². The van der Waals surface area contributed by atoms with Gasteiger partial charge in [0.1, 0.15) is 0 Å². The van der Waals surface area contributed by atoms with Crippen LogP contribution in [0.3, 0.4) is 0 Å². The number of hydrogen-bond acceptors (Lipinski definition) is 3. The maximum Gasteiger partial charge on any atom is 0.416 e. The van der Waals surface area contributed by atoms with Crippen molar-refractivity contribution in [3.63, 3.8) is 0 Å². The first kappa shape index (κ1) is 17.7. The molecule has 1 rings (SSSR count). The van der Waals surface area contributed by atoms with Crippen LogP contribution in [-0.4, -0.2) is 12.6 Å². The number of alkyl halides is 3. The number of hydrogen-bond donors (Lipinski definition) is 1. The highest BCUT2D eigenvalue weighted by molar-refractivity contribution is 5.85. The van der Waals surface area contributed by atoms with Crippen molar-refractivity contribution in [3.05, 3.63) is 35.4 Å². The first-order valence-electron chi connectivity index (χ1n) is 5.43. The van der Waals surface area contributed by atoms with E-state index in [4.69, 9.17) is 5.73 Å². The lowest BCUT2D eigenvalue weighted by atomic mass is 9.98. The minimum Gasteiger partial charge on any atom is -0.466 e. The van der Waals surface area contributed by atoms with Crippen LogP contribution in [-0.2, 0) is 15.7 Å². The molecule has 0 saturated carbocycles. The van der Waals surface area contributed by atoms with Gasteiger partial charge in [0.2, 0.25) is 0 Å². The summed E-state index contributed by atoms with van der Waals surface area (Å²) in [5.41, 5.74) is 4.71. The van der Waals surface area contributed by atoms with E-state index in [1.807, 2.05) is 0 Å². The van der Waals surface area contributed by atoms with Crippen molar-refractivity contribution < 1.29 is 22.7 Å². The molecule has 0 heterocycles. The van der Waals surface area contributed by atoms with Crippen molar-refractivity contribution >= 4 is 18.4 Å². The highest BCUT2D eigenvalue weighted by Crippen LogP contribution is 2.34. The Hall–Kier alpha value is -1.27. The molecule has 2 N–H and O–H groups in total.